The van der Waals surface area contributed by atoms with Gasteiger partial charge in [-0.05, 0) is 33.5 Å². The smallest absolute Gasteiger partial charge is 0.330 e. The lowest BCUT2D eigenvalue weighted by molar-refractivity contribution is -0.145. The van der Waals surface area contributed by atoms with E-state index >= 15 is 0 Å². The standard InChI is InChI=1S/C9H16O2.C3H9N/c1-5-8(7(3)4)11-9(10)6-2;1-4(2)3/h6-8H,2,5H2,1,3-4H3;1-3H3. The number of hydrogen-bond donors (Lipinski definition) is 0. The molecule has 0 aromatic rings. The molecule has 90 valence electrons. The lowest BCUT2D eigenvalue weighted by Gasteiger charge is -2.18. The Balaban J connectivity index is 0. The van der Waals surface area contributed by atoms with Crippen molar-refractivity contribution in [3.8, 4) is 0 Å². The van der Waals surface area contributed by atoms with Gasteiger partial charge in [-0.3, -0.25) is 0 Å². The van der Waals surface area contributed by atoms with Crippen LogP contribution in [0.4, 0.5) is 0 Å². The van der Waals surface area contributed by atoms with Crippen molar-refractivity contribution >= 4 is 5.97 Å². The zero-order valence-electron chi connectivity index (χ0n) is 10.9. The predicted octanol–water partition coefficient (Wildman–Crippen LogP) is 2.33. The van der Waals surface area contributed by atoms with Crippen LogP contribution in [0.3, 0.4) is 0 Å². The molecule has 0 aliphatic heterocycles. The van der Waals surface area contributed by atoms with Gasteiger partial charge >= 0.3 is 5.97 Å². The largest absolute Gasteiger partial charge is 0.459 e. The summed E-state index contributed by atoms with van der Waals surface area (Å²) in [5.74, 6) is 0.0504. The number of carbonyl (C=O) groups excluding carboxylic acids is 1. The predicted molar refractivity (Wildman–Crippen MR) is 64.8 cm³/mol. The van der Waals surface area contributed by atoms with Crippen molar-refractivity contribution in [3.63, 3.8) is 0 Å². The highest BCUT2D eigenvalue weighted by Crippen LogP contribution is 2.10. The summed E-state index contributed by atoms with van der Waals surface area (Å²) in [6.07, 6.45) is 2.09. The molecule has 0 fully saturated rings. The molecule has 3 nitrogen and oxygen atoms in total. The fraction of sp³-hybridized carbons (Fsp3) is 0.750. The Hall–Kier alpha value is -0.830. The topological polar surface area (TPSA) is 29.5 Å². The summed E-state index contributed by atoms with van der Waals surface area (Å²) in [6.45, 7) is 9.40. The first-order valence-electron chi connectivity index (χ1n) is 5.29. The third kappa shape index (κ3) is 13.2. The molecule has 0 aliphatic rings. The third-order valence-corrected chi connectivity index (χ3v) is 1.58. The first kappa shape index (κ1) is 16.6. The molecule has 0 aliphatic carbocycles. The highest BCUT2D eigenvalue weighted by molar-refractivity contribution is 5.81. The molecule has 1 unspecified atom stereocenters. The molecule has 0 N–H and O–H groups in total. The Morgan fingerprint density at radius 3 is 2.00 bits per heavy atom. The number of esters is 1. The highest BCUT2D eigenvalue weighted by atomic mass is 16.5. The second kappa shape index (κ2) is 9.71. The van der Waals surface area contributed by atoms with Crippen molar-refractivity contribution in [3.05, 3.63) is 12.7 Å². The molecule has 0 rings (SSSR count). The van der Waals surface area contributed by atoms with Crippen LogP contribution in [0.1, 0.15) is 27.2 Å². The molecule has 15 heavy (non-hydrogen) atoms. The fourth-order valence-corrected chi connectivity index (χ4v) is 0.888. The average molecular weight is 215 g/mol. The van der Waals surface area contributed by atoms with Crippen LogP contribution in [-0.2, 0) is 9.53 Å². The minimum Gasteiger partial charge on any atom is -0.459 e. The van der Waals surface area contributed by atoms with E-state index in [4.69, 9.17) is 4.74 Å². The average Bonchev–Trinajstić information content (AvgIpc) is 2.12. The van der Waals surface area contributed by atoms with Gasteiger partial charge in [-0.1, -0.05) is 27.4 Å². The maximum absolute atomic E-state index is 10.7. The minimum absolute atomic E-state index is 0.0282. The van der Waals surface area contributed by atoms with Crippen molar-refractivity contribution in [2.75, 3.05) is 21.1 Å². The van der Waals surface area contributed by atoms with Crippen molar-refractivity contribution < 1.29 is 9.53 Å². The van der Waals surface area contributed by atoms with Crippen LogP contribution in [0.2, 0.25) is 0 Å². The van der Waals surface area contributed by atoms with Crippen LogP contribution >= 0.6 is 0 Å². The lowest BCUT2D eigenvalue weighted by Crippen LogP contribution is -2.21. The van der Waals surface area contributed by atoms with Crippen molar-refractivity contribution in [1.29, 1.82) is 0 Å². The first-order valence-corrected chi connectivity index (χ1v) is 5.29. The minimum atomic E-state index is -0.328. The summed E-state index contributed by atoms with van der Waals surface area (Å²) in [6, 6.07) is 0. The van der Waals surface area contributed by atoms with E-state index in [1.165, 1.54) is 6.08 Å². The molecule has 0 heterocycles. The Kier molecular flexibility index (Phi) is 10.7. The molecule has 0 spiro atoms. The molecule has 0 saturated carbocycles. The third-order valence-electron chi connectivity index (χ3n) is 1.58. The Morgan fingerprint density at radius 2 is 1.80 bits per heavy atom. The van der Waals surface area contributed by atoms with E-state index in [0.29, 0.717) is 5.92 Å². The summed E-state index contributed by atoms with van der Waals surface area (Å²) in [4.78, 5) is 12.7. The first-order chi connectivity index (χ1) is 6.84. The van der Waals surface area contributed by atoms with Crippen LogP contribution in [0.5, 0.6) is 0 Å². The van der Waals surface area contributed by atoms with E-state index < -0.39 is 0 Å². The van der Waals surface area contributed by atoms with Crippen LogP contribution in [0, 0.1) is 5.92 Å². The van der Waals surface area contributed by atoms with Gasteiger partial charge in [0.1, 0.15) is 6.10 Å². The molecular formula is C12H25NO2. The van der Waals surface area contributed by atoms with Gasteiger partial charge in [0.15, 0.2) is 0 Å². The maximum atomic E-state index is 10.7. The zero-order valence-corrected chi connectivity index (χ0v) is 10.9. The Morgan fingerprint density at radius 1 is 1.40 bits per heavy atom. The molecule has 0 aromatic carbocycles. The van der Waals surface area contributed by atoms with Gasteiger partial charge in [0.05, 0.1) is 0 Å². The Bertz CT molecular complexity index is 174. The van der Waals surface area contributed by atoms with Gasteiger partial charge in [0, 0.05) is 6.08 Å². The molecule has 0 amide bonds. The monoisotopic (exact) mass is 215 g/mol. The van der Waals surface area contributed by atoms with Crippen molar-refractivity contribution in [1.82, 2.24) is 4.90 Å². The van der Waals surface area contributed by atoms with Crippen LogP contribution in [0.15, 0.2) is 12.7 Å². The van der Waals surface area contributed by atoms with E-state index in [9.17, 15) is 4.79 Å². The number of nitrogens with zero attached hydrogens (tertiary/aromatic N) is 1. The van der Waals surface area contributed by atoms with E-state index in [1.54, 1.807) is 0 Å². The summed E-state index contributed by atoms with van der Waals surface area (Å²) in [5.41, 5.74) is 0. The molecule has 3 heteroatoms. The van der Waals surface area contributed by atoms with Crippen LogP contribution in [0.25, 0.3) is 0 Å². The molecule has 0 saturated heterocycles. The highest BCUT2D eigenvalue weighted by Gasteiger charge is 2.13. The fourth-order valence-electron chi connectivity index (χ4n) is 0.888. The van der Waals surface area contributed by atoms with E-state index in [0.717, 1.165) is 6.42 Å². The van der Waals surface area contributed by atoms with Gasteiger partial charge in [0.2, 0.25) is 0 Å². The normalized spacial score (nSPS) is 11.7. The van der Waals surface area contributed by atoms with Gasteiger partial charge in [-0.15, -0.1) is 0 Å². The number of carbonyl (C=O) groups is 1. The van der Waals surface area contributed by atoms with E-state index in [-0.39, 0.29) is 12.1 Å². The Labute approximate surface area is 94.1 Å². The van der Waals surface area contributed by atoms with Crippen molar-refractivity contribution in [2.45, 2.75) is 33.3 Å². The van der Waals surface area contributed by atoms with Gasteiger partial charge in [-0.2, -0.15) is 0 Å². The lowest BCUT2D eigenvalue weighted by atomic mass is 10.1. The summed E-state index contributed by atoms with van der Waals surface area (Å²) < 4.78 is 5.05. The SMILES string of the molecule is C=CC(=O)OC(CC)C(C)C.CN(C)C. The molecular weight excluding hydrogens is 190 g/mol. The van der Waals surface area contributed by atoms with Gasteiger partial charge in [-0.25, -0.2) is 4.79 Å². The summed E-state index contributed by atoms with van der Waals surface area (Å²) >= 11 is 0. The second-order valence-corrected chi connectivity index (χ2v) is 4.17. The number of ether oxygens (including phenoxy) is 1. The van der Waals surface area contributed by atoms with Crippen LogP contribution < -0.4 is 0 Å². The summed E-state index contributed by atoms with van der Waals surface area (Å²) in [5, 5.41) is 0. The number of rotatable bonds is 4. The number of hydrogen-bond acceptors (Lipinski definition) is 3. The van der Waals surface area contributed by atoms with Gasteiger partial charge in [0.25, 0.3) is 0 Å². The van der Waals surface area contributed by atoms with E-state index in [2.05, 4.69) is 6.58 Å². The maximum Gasteiger partial charge on any atom is 0.330 e. The summed E-state index contributed by atoms with van der Waals surface area (Å²) in [7, 11) is 6.00. The van der Waals surface area contributed by atoms with Gasteiger partial charge < -0.3 is 9.64 Å². The molecule has 0 bridgehead atoms. The van der Waals surface area contributed by atoms with Crippen LogP contribution in [-0.4, -0.2) is 38.1 Å². The molecule has 1 atom stereocenters. The zero-order chi connectivity index (χ0) is 12.4. The molecule has 0 aromatic heterocycles. The second-order valence-electron chi connectivity index (χ2n) is 4.17. The van der Waals surface area contributed by atoms with E-state index in [1.807, 2.05) is 46.8 Å². The quantitative estimate of drug-likeness (QED) is 0.532. The van der Waals surface area contributed by atoms with Crippen molar-refractivity contribution in [2.24, 2.45) is 5.92 Å². The molecule has 0 radical (unpaired) electrons.